The predicted octanol–water partition coefficient (Wildman–Crippen LogP) is 2.59. The lowest BCUT2D eigenvalue weighted by molar-refractivity contribution is 0.654. The minimum Gasteiger partial charge on any atom is -0.374 e. The molecule has 1 aliphatic heterocycles. The zero-order chi connectivity index (χ0) is 9.80. The molecule has 0 aromatic carbocycles. The number of hydrogen-bond donors (Lipinski definition) is 1. The van der Waals surface area contributed by atoms with Crippen LogP contribution >= 0.6 is 0 Å². The highest BCUT2D eigenvalue weighted by molar-refractivity contribution is 5.82. The van der Waals surface area contributed by atoms with Crippen molar-refractivity contribution < 1.29 is 0 Å². The Bertz CT molecular complexity index is 210. The van der Waals surface area contributed by atoms with E-state index in [9.17, 15) is 0 Å². The number of hydrogen-bond acceptors (Lipinski definition) is 2. The van der Waals surface area contributed by atoms with E-state index in [-0.39, 0.29) is 0 Å². The van der Waals surface area contributed by atoms with Gasteiger partial charge in [0.15, 0.2) is 0 Å². The Hall–Kier alpha value is -0.530. The van der Waals surface area contributed by atoms with Gasteiger partial charge in [0.05, 0.1) is 5.84 Å². The average Bonchev–Trinajstić information content (AvgIpc) is 2.99. The van der Waals surface area contributed by atoms with Crippen molar-refractivity contribution in [3.63, 3.8) is 0 Å². The monoisotopic (exact) mass is 194 g/mol. The summed E-state index contributed by atoms with van der Waals surface area (Å²) in [6.07, 6.45) is 7.95. The fraction of sp³-hybridized carbons (Fsp3) is 0.917. The summed E-state index contributed by atoms with van der Waals surface area (Å²) in [4.78, 5) is 4.58. The average molecular weight is 194 g/mol. The molecule has 1 N–H and O–H groups in total. The first-order chi connectivity index (χ1) is 6.90. The van der Waals surface area contributed by atoms with Gasteiger partial charge in [-0.2, -0.15) is 0 Å². The van der Waals surface area contributed by atoms with Gasteiger partial charge in [0.1, 0.15) is 0 Å². The van der Waals surface area contributed by atoms with Crippen LogP contribution in [0, 0.1) is 11.8 Å². The zero-order valence-electron chi connectivity index (χ0n) is 9.26. The van der Waals surface area contributed by atoms with Crippen LogP contribution in [0.4, 0.5) is 0 Å². The van der Waals surface area contributed by atoms with E-state index in [0.29, 0.717) is 0 Å². The number of aliphatic imine (C=N–C) groups is 1. The summed E-state index contributed by atoms with van der Waals surface area (Å²) in [5, 5.41) is 3.54. The van der Waals surface area contributed by atoms with Gasteiger partial charge in [-0.1, -0.05) is 19.8 Å². The highest BCUT2D eigenvalue weighted by Crippen LogP contribution is 2.40. The Labute approximate surface area is 87.2 Å². The van der Waals surface area contributed by atoms with Crippen LogP contribution in [0.1, 0.15) is 45.4 Å². The third-order valence-corrected chi connectivity index (χ3v) is 3.54. The smallest absolute Gasteiger partial charge is 0.0963 e. The molecule has 0 amide bonds. The number of amidine groups is 1. The van der Waals surface area contributed by atoms with Crippen LogP contribution < -0.4 is 5.32 Å². The first kappa shape index (κ1) is 10.0. The Kier molecular flexibility index (Phi) is 3.44. The topological polar surface area (TPSA) is 24.4 Å². The molecule has 2 heteroatoms. The summed E-state index contributed by atoms with van der Waals surface area (Å²) < 4.78 is 0. The molecule has 2 atom stereocenters. The molecule has 1 fully saturated rings. The third kappa shape index (κ3) is 2.73. The van der Waals surface area contributed by atoms with Crippen LogP contribution in [-0.2, 0) is 0 Å². The molecule has 0 aromatic rings. The van der Waals surface area contributed by atoms with Crippen LogP contribution in [0.3, 0.4) is 0 Å². The molecule has 80 valence electrons. The second-order valence-electron chi connectivity index (χ2n) is 4.68. The van der Waals surface area contributed by atoms with Gasteiger partial charge in [0.25, 0.3) is 0 Å². The third-order valence-electron chi connectivity index (χ3n) is 3.54. The minimum atomic E-state index is 0.950. The molecule has 0 aromatic heterocycles. The van der Waals surface area contributed by atoms with E-state index in [2.05, 4.69) is 17.2 Å². The molecule has 2 unspecified atom stereocenters. The Morgan fingerprint density at radius 2 is 2.21 bits per heavy atom. The lowest BCUT2D eigenvalue weighted by Gasteiger charge is -2.07. The molecule has 0 spiro atoms. The van der Waals surface area contributed by atoms with E-state index < -0.39 is 0 Å². The second kappa shape index (κ2) is 4.81. The van der Waals surface area contributed by atoms with Crippen molar-refractivity contribution in [2.24, 2.45) is 16.8 Å². The molecular formula is C12H22N2. The van der Waals surface area contributed by atoms with Crippen molar-refractivity contribution in [2.45, 2.75) is 45.4 Å². The van der Waals surface area contributed by atoms with Gasteiger partial charge in [0, 0.05) is 19.5 Å². The van der Waals surface area contributed by atoms with E-state index in [4.69, 9.17) is 0 Å². The molecule has 2 rings (SSSR count). The molecular weight excluding hydrogens is 172 g/mol. The van der Waals surface area contributed by atoms with E-state index in [0.717, 1.165) is 18.4 Å². The summed E-state index contributed by atoms with van der Waals surface area (Å²) in [5.74, 6) is 3.24. The summed E-state index contributed by atoms with van der Waals surface area (Å²) in [7, 11) is 0. The maximum atomic E-state index is 4.58. The standard InChI is InChI=1S/C12H22N2/c1-2-10-8-11(10)9-14-12-6-4-3-5-7-13-12/h10-11H,2-9H2,1H3,(H,13,14). The van der Waals surface area contributed by atoms with Crippen molar-refractivity contribution in [3.05, 3.63) is 0 Å². The fourth-order valence-corrected chi connectivity index (χ4v) is 2.33. The molecule has 1 aliphatic carbocycles. The van der Waals surface area contributed by atoms with Crippen molar-refractivity contribution >= 4 is 5.84 Å². The molecule has 1 saturated carbocycles. The van der Waals surface area contributed by atoms with E-state index in [1.54, 1.807) is 0 Å². The van der Waals surface area contributed by atoms with Crippen LogP contribution in [0.5, 0.6) is 0 Å². The molecule has 14 heavy (non-hydrogen) atoms. The number of nitrogens with one attached hydrogen (secondary N) is 1. The lowest BCUT2D eigenvalue weighted by Crippen LogP contribution is -2.25. The van der Waals surface area contributed by atoms with Crippen molar-refractivity contribution in [1.82, 2.24) is 5.32 Å². The molecule has 2 nitrogen and oxygen atoms in total. The van der Waals surface area contributed by atoms with Gasteiger partial charge >= 0.3 is 0 Å². The summed E-state index contributed by atoms with van der Waals surface area (Å²) in [6.45, 7) is 4.52. The van der Waals surface area contributed by atoms with Gasteiger partial charge < -0.3 is 5.32 Å². The van der Waals surface area contributed by atoms with Crippen molar-refractivity contribution in [3.8, 4) is 0 Å². The number of nitrogens with zero attached hydrogens (tertiary/aromatic N) is 1. The molecule has 0 bridgehead atoms. The SMILES string of the molecule is CCC1CC1CNC1=NCCCCC1. The van der Waals surface area contributed by atoms with Gasteiger partial charge in [-0.3, -0.25) is 4.99 Å². The molecule has 2 aliphatic rings. The molecule has 0 saturated heterocycles. The normalized spacial score (nSPS) is 31.9. The Balaban J connectivity index is 1.67. The van der Waals surface area contributed by atoms with Crippen molar-refractivity contribution in [1.29, 1.82) is 0 Å². The van der Waals surface area contributed by atoms with Crippen molar-refractivity contribution in [2.75, 3.05) is 13.1 Å². The van der Waals surface area contributed by atoms with E-state index >= 15 is 0 Å². The lowest BCUT2D eigenvalue weighted by atomic mass is 10.2. The predicted molar refractivity (Wildman–Crippen MR) is 60.7 cm³/mol. The molecule has 1 heterocycles. The highest BCUT2D eigenvalue weighted by Gasteiger charge is 2.34. The second-order valence-corrected chi connectivity index (χ2v) is 4.68. The quantitative estimate of drug-likeness (QED) is 0.733. The fourth-order valence-electron chi connectivity index (χ4n) is 2.33. The summed E-state index contributed by atoms with van der Waals surface area (Å²) in [5.41, 5.74) is 0. The Morgan fingerprint density at radius 3 is 3.00 bits per heavy atom. The first-order valence-corrected chi connectivity index (χ1v) is 6.17. The zero-order valence-corrected chi connectivity index (χ0v) is 9.26. The first-order valence-electron chi connectivity index (χ1n) is 6.17. The maximum Gasteiger partial charge on any atom is 0.0963 e. The maximum absolute atomic E-state index is 4.58. The van der Waals surface area contributed by atoms with Crippen LogP contribution in [0.15, 0.2) is 4.99 Å². The minimum absolute atomic E-state index is 0.950. The van der Waals surface area contributed by atoms with E-state index in [1.165, 1.54) is 50.9 Å². The largest absolute Gasteiger partial charge is 0.374 e. The highest BCUT2D eigenvalue weighted by atomic mass is 15.0. The van der Waals surface area contributed by atoms with E-state index in [1.807, 2.05) is 0 Å². The van der Waals surface area contributed by atoms with Crippen LogP contribution in [-0.4, -0.2) is 18.9 Å². The summed E-state index contributed by atoms with van der Waals surface area (Å²) >= 11 is 0. The van der Waals surface area contributed by atoms with Crippen LogP contribution in [0.2, 0.25) is 0 Å². The van der Waals surface area contributed by atoms with Gasteiger partial charge in [-0.15, -0.1) is 0 Å². The van der Waals surface area contributed by atoms with Gasteiger partial charge in [-0.05, 0) is 31.1 Å². The number of rotatable bonds is 3. The summed E-state index contributed by atoms with van der Waals surface area (Å²) in [6, 6.07) is 0. The van der Waals surface area contributed by atoms with Crippen LogP contribution in [0.25, 0.3) is 0 Å². The van der Waals surface area contributed by atoms with Gasteiger partial charge in [-0.25, -0.2) is 0 Å². The Morgan fingerprint density at radius 1 is 1.29 bits per heavy atom. The molecule has 0 radical (unpaired) electrons. The van der Waals surface area contributed by atoms with Gasteiger partial charge in [0.2, 0.25) is 0 Å².